The van der Waals surface area contributed by atoms with E-state index in [1.54, 1.807) is 0 Å². The maximum Gasteiger partial charge on any atom is 0.416 e. The van der Waals surface area contributed by atoms with Gasteiger partial charge >= 0.3 is 18.1 Å². The number of anilines is 2. The van der Waals surface area contributed by atoms with E-state index in [1.165, 1.54) is 23.0 Å². The van der Waals surface area contributed by atoms with Crippen molar-refractivity contribution in [2.75, 3.05) is 10.6 Å². The molecule has 0 unspecified atom stereocenters. The van der Waals surface area contributed by atoms with E-state index in [0.717, 1.165) is 34.8 Å². The number of nitrogens with zero attached hydrogens (tertiary/aromatic N) is 4. The Labute approximate surface area is 186 Å². The van der Waals surface area contributed by atoms with Gasteiger partial charge in [-0.2, -0.15) is 13.2 Å². The second-order valence-corrected chi connectivity index (χ2v) is 7.37. The number of hydrogen-bond donors (Lipinski definition) is 2. The summed E-state index contributed by atoms with van der Waals surface area (Å²) in [4.78, 5) is 16.4. The number of nitrogens with one attached hydrogen (secondary N) is 2. The van der Waals surface area contributed by atoms with Crippen LogP contribution in [-0.4, -0.2) is 20.9 Å². The molecule has 4 aromatic rings. The quantitative estimate of drug-likeness (QED) is 0.436. The highest BCUT2D eigenvalue weighted by atomic mass is 19.4. The fraction of sp³-hybridized carbons (Fsp3) is 0.182. The van der Waals surface area contributed by atoms with Gasteiger partial charge in [-0.15, -0.1) is 0 Å². The molecule has 0 aliphatic heterocycles. The van der Waals surface area contributed by atoms with Crippen molar-refractivity contribution in [2.45, 2.75) is 19.6 Å². The number of carbonyl (C=O) groups is 1. The highest BCUT2D eigenvalue weighted by Gasteiger charge is 2.30. The van der Waals surface area contributed by atoms with Crippen LogP contribution in [0.15, 0.2) is 65.4 Å². The Balaban J connectivity index is 1.36. The van der Waals surface area contributed by atoms with Crippen LogP contribution in [0.3, 0.4) is 0 Å². The minimum Gasteiger partial charge on any atom is -0.331 e. The monoisotopic (exact) mass is 457 g/mol. The lowest BCUT2D eigenvalue weighted by Gasteiger charge is -2.09. The van der Waals surface area contributed by atoms with Crippen LogP contribution in [-0.2, 0) is 19.8 Å². The van der Waals surface area contributed by atoms with Crippen molar-refractivity contribution in [3.8, 4) is 11.3 Å². The second kappa shape index (κ2) is 8.77. The van der Waals surface area contributed by atoms with Gasteiger partial charge in [0.15, 0.2) is 0 Å². The number of carbonyl (C=O) groups excluding carboxylic acids is 1. The molecular formula is C22H20F3N6O2+. The third-order valence-electron chi connectivity index (χ3n) is 5.01. The Kier molecular flexibility index (Phi) is 5.86. The van der Waals surface area contributed by atoms with Crippen molar-refractivity contribution in [1.82, 2.24) is 14.8 Å². The third-order valence-corrected chi connectivity index (χ3v) is 5.01. The van der Waals surface area contributed by atoms with Crippen LogP contribution in [0.1, 0.15) is 17.0 Å². The molecule has 170 valence electrons. The lowest BCUT2D eigenvalue weighted by Crippen LogP contribution is -2.35. The Morgan fingerprint density at radius 2 is 1.91 bits per heavy atom. The van der Waals surface area contributed by atoms with E-state index in [2.05, 4.69) is 20.9 Å². The van der Waals surface area contributed by atoms with Crippen molar-refractivity contribution in [2.24, 2.45) is 7.05 Å². The molecule has 4 rings (SSSR count). The molecule has 2 N–H and O–H groups in total. The first-order valence-electron chi connectivity index (χ1n) is 9.88. The SMILES string of the molecule is Cc1ncc(-c2ccc(C[n+]3cc(NC(=O)Nc4cccc(C(F)(F)F)c4)on3)cc2)n1C. The zero-order valence-corrected chi connectivity index (χ0v) is 17.7. The van der Waals surface area contributed by atoms with Gasteiger partial charge in [0.25, 0.3) is 6.20 Å². The van der Waals surface area contributed by atoms with Crippen molar-refractivity contribution in [1.29, 1.82) is 0 Å². The number of urea groups is 1. The average molecular weight is 457 g/mol. The molecule has 0 saturated carbocycles. The van der Waals surface area contributed by atoms with Gasteiger partial charge in [0.1, 0.15) is 5.82 Å². The summed E-state index contributed by atoms with van der Waals surface area (Å²) < 4.78 is 47.0. The molecule has 0 bridgehead atoms. The molecule has 33 heavy (non-hydrogen) atoms. The Morgan fingerprint density at radius 1 is 1.15 bits per heavy atom. The van der Waals surface area contributed by atoms with Gasteiger partial charge in [-0.05, 0) is 35.4 Å². The van der Waals surface area contributed by atoms with Crippen LogP contribution in [0, 0.1) is 6.92 Å². The van der Waals surface area contributed by atoms with Crippen LogP contribution in [0.5, 0.6) is 0 Å². The number of alkyl halides is 3. The van der Waals surface area contributed by atoms with Gasteiger partial charge in [-0.3, -0.25) is 9.84 Å². The lowest BCUT2D eigenvalue weighted by atomic mass is 10.1. The fourth-order valence-corrected chi connectivity index (χ4v) is 3.19. The Bertz CT molecular complexity index is 1280. The van der Waals surface area contributed by atoms with E-state index in [0.29, 0.717) is 6.54 Å². The largest absolute Gasteiger partial charge is 0.416 e. The highest BCUT2D eigenvalue weighted by Crippen LogP contribution is 2.30. The molecule has 0 spiro atoms. The molecule has 0 aliphatic rings. The van der Waals surface area contributed by atoms with Crippen molar-refractivity contribution >= 4 is 17.6 Å². The van der Waals surface area contributed by atoms with E-state index in [-0.39, 0.29) is 11.6 Å². The second-order valence-electron chi connectivity index (χ2n) is 7.37. The van der Waals surface area contributed by atoms with E-state index in [4.69, 9.17) is 4.52 Å². The number of amides is 2. The first-order chi connectivity index (χ1) is 15.7. The van der Waals surface area contributed by atoms with Crippen LogP contribution >= 0.6 is 0 Å². The van der Waals surface area contributed by atoms with Gasteiger partial charge < -0.3 is 9.88 Å². The molecule has 0 aliphatic carbocycles. The van der Waals surface area contributed by atoms with Crippen LogP contribution < -0.4 is 15.3 Å². The summed E-state index contributed by atoms with van der Waals surface area (Å²) in [6.45, 7) is 2.33. The third kappa shape index (κ3) is 5.20. The average Bonchev–Trinajstić information content (AvgIpc) is 3.34. The zero-order valence-electron chi connectivity index (χ0n) is 17.7. The van der Waals surface area contributed by atoms with E-state index in [9.17, 15) is 18.0 Å². The molecule has 0 fully saturated rings. The minimum absolute atomic E-state index is 0.00146. The van der Waals surface area contributed by atoms with Crippen LogP contribution in [0.25, 0.3) is 11.3 Å². The predicted octanol–water partition coefficient (Wildman–Crippen LogP) is 4.38. The maximum absolute atomic E-state index is 12.8. The first-order valence-corrected chi connectivity index (χ1v) is 9.88. The minimum atomic E-state index is -4.50. The van der Waals surface area contributed by atoms with Gasteiger partial charge in [-0.25, -0.2) is 9.78 Å². The van der Waals surface area contributed by atoms with Crippen molar-refractivity contribution in [3.05, 3.63) is 77.9 Å². The molecule has 2 aromatic carbocycles. The van der Waals surface area contributed by atoms with Crippen LogP contribution in [0.2, 0.25) is 0 Å². The molecule has 8 nitrogen and oxygen atoms in total. The van der Waals surface area contributed by atoms with Crippen molar-refractivity contribution in [3.63, 3.8) is 0 Å². The normalized spacial score (nSPS) is 11.4. The number of halogens is 3. The molecule has 0 radical (unpaired) electrons. The maximum atomic E-state index is 12.8. The van der Waals surface area contributed by atoms with Gasteiger partial charge in [0.2, 0.25) is 11.8 Å². The number of benzene rings is 2. The summed E-state index contributed by atoms with van der Waals surface area (Å²) in [6.07, 6.45) is -1.21. The van der Waals surface area contributed by atoms with Crippen molar-refractivity contribution < 1.29 is 27.2 Å². The summed E-state index contributed by atoms with van der Waals surface area (Å²) in [7, 11) is 1.95. The summed E-state index contributed by atoms with van der Waals surface area (Å²) in [5.74, 6) is 0.964. The molecule has 0 saturated heterocycles. The van der Waals surface area contributed by atoms with E-state index >= 15 is 0 Å². The highest BCUT2D eigenvalue weighted by molar-refractivity contribution is 5.98. The molecule has 0 atom stereocenters. The lowest BCUT2D eigenvalue weighted by molar-refractivity contribution is -0.754. The standard InChI is InChI=1S/C22H19F3N6O2/c1-14-26-11-19(30(14)2)16-8-6-15(7-9-16)12-31-13-20(33-29-31)28-21(32)27-18-5-3-4-17(10-18)22(23,24)25/h3-11,13H,12H2,1-2H3,(H-,27,28,29,32)/p+1. The zero-order chi connectivity index (χ0) is 23.6. The van der Waals surface area contributed by atoms with Gasteiger partial charge in [0.05, 0.1) is 17.5 Å². The van der Waals surface area contributed by atoms with Gasteiger partial charge in [0, 0.05) is 18.3 Å². The number of aryl methyl sites for hydroxylation is 1. The number of aromatic nitrogens is 4. The summed E-state index contributed by atoms with van der Waals surface area (Å²) >= 11 is 0. The first kappa shape index (κ1) is 22.1. The predicted molar refractivity (Wildman–Crippen MR) is 113 cm³/mol. The summed E-state index contributed by atoms with van der Waals surface area (Å²) in [6, 6.07) is 11.4. The molecular weight excluding hydrogens is 437 g/mol. The smallest absolute Gasteiger partial charge is 0.331 e. The Morgan fingerprint density at radius 3 is 2.58 bits per heavy atom. The summed E-state index contributed by atoms with van der Waals surface area (Å²) in [5.41, 5.74) is 2.13. The number of rotatable bonds is 5. The van der Waals surface area contributed by atoms with E-state index < -0.39 is 17.8 Å². The summed E-state index contributed by atoms with van der Waals surface area (Å²) in [5, 5.41) is 8.59. The molecule has 2 amide bonds. The molecule has 11 heteroatoms. The van der Waals surface area contributed by atoms with Gasteiger partial charge in [-0.1, -0.05) is 30.3 Å². The number of imidazole rings is 1. The van der Waals surface area contributed by atoms with Crippen LogP contribution in [0.4, 0.5) is 29.5 Å². The number of hydrogen-bond acceptors (Lipinski definition) is 4. The molecule has 2 aromatic heterocycles. The topological polar surface area (TPSA) is 88.9 Å². The fourth-order valence-electron chi connectivity index (χ4n) is 3.19. The van der Waals surface area contributed by atoms with E-state index in [1.807, 2.05) is 49.0 Å². The molecule has 2 heterocycles. The Hall–Kier alpha value is -4.15.